The summed E-state index contributed by atoms with van der Waals surface area (Å²) in [5.41, 5.74) is 0.843. The van der Waals surface area contributed by atoms with Crippen molar-refractivity contribution in [3.8, 4) is 0 Å². The Morgan fingerprint density at radius 2 is 2.09 bits per heavy atom. The number of nitrogens with zero attached hydrogens (tertiary/aromatic N) is 4. The Balaban J connectivity index is 2.03. The zero-order chi connectivity index (χ0) is 16.6. The molecule has 2 atom stereocenters. The van der Waals surface area contributed by atoms with Crippen molar-refractivity contribution >= 4 is 29.2 Å². The average molecular weight is 338 g/mol. The molecule has 3 heterocycles. The number of aromatic nitrogens is 3. The lowest BCUT2D eigenvalue weighted by molar-refractivity contribution is 0.0520. The van der Waals surface area contributed by atoms with E-state index in [-0.39, 0.29) is 5.69 Å². The molecule has 0 spiro atoms. The van der Waals surface area contributed by atoms with Gasteiger partial charge in [-0.25, -0.2) is 14.8 Å². The minimum atomic E-state index is -0.444. The zero-order valence-electron chi connectivity index (χ0n) is 13.4. The molecule has 0 bridgehead atoms. The molecule has 8 heteroatoms. The molecule has 3 rings (SSSR count). The summed E-state index contributed by atoms with van der Waals surface area (Å²) in [6.07, 6.45) is 1.66. The minimum Gasteiger partial charge on any atom is -0.461 e. The van der Waals surface area contributed by atoms with Crippen molar-refractivity contribution < 1.29 is 9.53 Å². The van der Waals surface area contributed by atoms with E-state index in [1.807, 2.05) is 0 Å². The van der Waals surface area contributed by atoms with Gasteiger partial charge in [-0.05, 0) is 20.8 Å². The van der Waals surface area contributed by atoms with Gasteiger partial charge in [-0.15, -0.1) is 0 Å². The Labute approximate surface area is 139 Å². The summed E-state index contributed by atoms with van der Waals surface area (Å²) >= 11 is 6.14. The third kappa shape index (κ3) is 3.25. The van der Waals surface area contributed by atoms with Crippen molar-refractivity contribution in [1.82, 2.24) is 19.7 Å². The molecule has 124 valence electrons. The van der Waals surface area contributed by atoms with E-state index in [9.17, 15) is 4.79 Å². The lowest BCUT2D eigenvalue weighted by atomic mass is 10.1. The standard InChI is InChI=1S/C15H20ClN5O2/c1-4-23-14(22)11-8-21-13(18-11)5-12(16)19-15(21)20-6-9(2)17-10(3)7-20/h5,8-10,17H,4,6-7H2,1-3H3/t9-,10+. The highest BCUT2D eigenvalue weighted by Crippen LogP contribution is 2.22. The molecule has 0 amide bonds. The summed E-state index contributed by atoms with van der Waals surface area (Å²) in [5.74, 6) is 0.246. The first-order valence-electron chi connectivity index (χ1n) is 7.71. The second-order valence-corrected chi connectivity index (χ2v) is 6.21. The van der Waals surface area contributed by atoms with Gasteiger partial charge in [0.1, 0.15) is 10.8 Å². The number of fused-ring (bicyclic) bond motifs is 1. The Morgan fingerprint density at radius 1 is 1.39 bits per heavy atom. The van der Waals surface area contributed by atoms with Gasteiger partial charge >= 0.3 is 5.97 Å². The zero-order valence-corrected chi connectivity index (χ0v) is 14.2. The van der Waals surface area contributed by atoms with Crippen LogP contribution in [0.1, 0.15) is 31.3 Å². The van der Waals surface area contributed by atoms with Gasteiger partial charge in [0.05, 0.1) is 6.61 Å². The van der Waals surface area contributed by atoms with E-state index >= 15 is 0 Å². The van der Waals surface area contributed by atoms with Gasteiger partial charge in [-0.1, -0.05) is 11.6 Å². The predicted molar refractivity (Wildman–Crippen MR) is 88.2 cm³/mol. The van der Waals surface area contributed by atoms with Crippen LogP contribution in [0.25, 0.3) is 5.65 Å². The molecule has 2 aromatic rings. The Hall–Kier alpha value is -1.86. The van der Waals surface area contributed by atoms with Crippen LogP contribution in [0.2, 0.25) is 5.15 Å². The highest BCUT2D eigenvalue weighted by molar-refractivity contribution is 6.29. The molecule has 0 radical (unpaired) electrons. The Kier molecular flexibility index (Phi) is 4.41. The van der Waals surface area contributed by atoms with Crippen molar-refractivity contribution in [2.24, 2.45) is 0 Å². The van der Waals surface area contributed by atoms with E-state index in [0.717, 1.165) is 13.1 Å². The van der Waals surface area contributed by atoms with E-state index in [4.69, 9.17) is 16.3 Å². The first-order chi connectivity index (χ1) is 11.0. The van der Waals surface area contributed by atoms with Gasteiger partial charge in [0, 0.05) is 37.4 Å². The molecular weight excluding hydrogens is 318 g/mol. The van der Waals surface area contributed by atoms with Crippen molar-refractivity contribution in [2.45, 2.75) is 32.9 Å². The van der Waals surface area contributed by atoms with Gasteiger partial charge in [0.15, 0.2) is 5.69 Å². The molecule has 2 aromatic heterocycles. The highest BCUT2D eigenvalue weighted by atomic mass is 35.5. The predicted octanol–water partition coefficient (Wildman–Crippen LogP) is 1.75. The molecule has 1 N–H and O–H groups in total. The number of piperazine rings is 1. The normalized spacial score (nSPS) is 21.7. The van der Waals surface area contributed by atoms with E-state index in [0.29, 0.717) is 35.4 Å². The van der Waals surface area contributed by atoms with Crippen LogP contribution in [0.3, 0.4) is 0 Å². The van der Waals surface area contributed by atoms with Crippen molar-refractivity contribution in [3.63, 3.8) is 0 Å². The molecule has 7 nitrogen and oxygen atoms in total. The summed E-state index contributed by atoms with van der Waals surface area (Å²) in [6, 6.07) is 2.31. The number of rotatable bonds is 3. The highest BCUT2D eigenvalue weighted by Gasteiger charge is 2.25. The van der Waals surface area contributed by atoms with Crippen LogP contribution < -0.4 is 10.2 Å². The van der Waals surface area contributed by atoms with Crippen LogP contribution in [-0.4, -0.2) is 52.1 Å². The molecule has 0 saturated carbocycles. The fraction of sp³-hybridized carbons (Fsp3) is 0.533. The maximum absolute atomic E-state index is 11.9. The molecule has 1 fully saturated rings. The summed E-state index contributed by atoms with van der Waals surface area (Å²) in [5, 5.41) is 3.83. The summed E-state index contributed by atoms with van der Waals surface area (Å²) in [4.78, 5) is 22.8. The second-order valence-electron chi connectivity index (χ2n) is 5.83. The fourth-order valence-corrected chi connectivity index (χ4v) is 3.13. The molecule has 0 aliphatic carbocycles. The molecule has 23 heavy (non-hydrogen) atoms. The van der Waals surface area contributed by atoms with E-state index < -0.39 is 5.97 Å². The monoisotopic (exact) mass is 337 g/mol. The van der Waals surface area contributed by atoms with E-state index in [2.05, 4.69) is 34.0 Å². The number of imidazole rings is 1. The smallest absolute Gasteiger partial charge is 0.358 e. The van der Waals surface area contributed by atoms with E-state index in [1.54, 1.807) is 23.6 Å². The summed E-state index contributed by atoms with van der Waals surface area (Å²) in [6.45, 7) is 7.94. The Bertz CT molecular complexity index is 722. The minimum absolute atomic E-state index is 0.258. The molecule has 1 aliphatic heterocycles. The second kappa shape index (κ2) is 6.33. The maximum Gasteiger partial charge on any atom is 0.358 e. The number of esters is 1. The fourth-order valence-electron chi connectivity index (χ4n) is 2.96. The van der Waals surface area contributed by atoms with Crippen LogP contribution in [-0.2, 0) is 4.74 Å². The lowest BCUT2D eigenvalue weighted by Gasteiger charge is -2.36. The SMILES string of the molecule is CCOC(=O)c1cn2c(N3C[C@@H](C)N[C@@H](C)C3)nc(Cl)cc2n1. The number of ether oxygens (including phenoxy) is 1. The number of halogens is 1. The van der Waals surface area contributed by atoms with Crippen molar-refractivity contribution in [2.75, 3.05) is 24.6 Å². The van der Waals surface area contributed by atoms with Crippen molar-refractivity contribution in [1.29, 1.82) is 0 Å². The first kappa shape index (κ1) is 16.0. The van der Waals surface area contributed by atoms with Crippen LogP contribution in [0.15, 0.2) is 12.3 Å². The molecule has 0 unspecified atom stereocenters. The number of hydrogen-bond acceptors (Lipinski definition) is 6. The van der Waals surface area contributed by atoms with Gasteiger partial charge < -0.3 is 15.0 Å². The molecule has 1 saturated heterocycles. The quantitative estimate of drug-likeness (QED) is 0.679. The number of hydrogen-bond donors (Lipinski definition) is 1. The number of carbonyl (C=O) groups excluding carboxylic acids is 1. The van der Waals surface area contributed by atoms with E-state index in [1.165, 1.54) is 0 Å². The third-order valence-corrected chi connectivity index (χ3v) is 3.92. The molecule has 0 aromatic carbocycles. The largest absolute Gasteiger partial charge is 0.461 e. The van der Waals surface area contributed by atoms with Crippen LogP contribution in [0.4, 0.5) is 5.95 Å². The summed E-state index contributed by atoms with van der Waals surface area (Å²) in [7, 11) is 0. The van der Waals surface area contributed by atoms with Crippen LogP contribution in [0, 0.1) is 0 Å². The van der Waals surface area contributed by atoms with Crippen LogP contribution in [0.5, 0.6) is 0 Å². The lowest BCUT2D eigenvalue weighted by Crippen LogP contribution is -2.55. The number of carbonyl (C=O) groups is 1. The average Bonchev–Trinajstić information content (AvgIpc) is 2.89. The maximum atomic E-state index is 11.9. The number of nitrogens with one attached hydrogen (secondary N) is 1. The Morgan fingerprint density at radius 3 is 2.74 bits per heavy atom. The van der Waals surface area contributed by atoms with Gasteiger partial charge in [-0.3, -0.25) is 4.40 Å². The van der Waals surface area contributed by atoms with Crippen molar-refractivity contribution in [3.05, 3.63) is 23.1 Å². The van der Waals surface area contributed by atoms with Crippen LogP contribution >= 0.6 is 11.6 Å². The third-order valence-electron chi connectivity index (χ3n) is 3.73. The number of anilines is 1. The first-order valence-corrected chi connectivity index (χ1v) is 8.09. The van der Waals surface area contributed by atoms with Gasteiger partial charge in [-0.2, -0.15) is 0 Å². The van der Waals surface area contributed by atoms with Gasteiger partial charge in [0.25, 0.3) is 0 Å². The van der Waals surface area contributed by atoms with Gasteiger partial charge in [0.2, 0.25) is 5.95 Å². The summed E-state index contributed by atoms with van der Waals surface area (Å²) < 4.78 is 6.81. The molecule has 1 aliphatic rings. The topological polar surface area (TPSA) is 71.8 Å². The molecular formula is C15H20ClN5O2.